The highest BCUT2D eigenvalue weighted by Gasteiger charge is 2.08. The summed E-state index contributed by atoms with van der Waals surface area (Å²) < 4.78 is 11.8. The van der Waals surface area contributed by atoms with Crippen LogP contribution < -0.4 is 9.47 Å². The van der Waals surface area contributed by atoms with Crippen LogP contribution in [0.3, 0.4) is 0 Å². The number of rotatable bonds is 4. The minimum Gasteiger partial charge on any atom is -0.497 e. The van der Waals surface area contributed by atoms with Crippen LogP contribution in [0.4, 0.5) is 0 Å². The predicted molar refractivity (Wildman–Crippen MR) is 84.6 cm³/mol. The maximum absolute atomic E-state index is 5.75. The van der Waals surface area contributed by atoms with Gasteiger partial charge in [-0.25, -0.2) is 0 Å². The van der Waals surface area contributed by atoms with Crippen molar-refractivity contribution in [2.45, 2.75) is 6.61 Å². The number of benzene rings is 2. The van der Waals surface area contributed by atoms with Crippen molar-refractivity contribution in [3.8, 4) is 11.5 Å². The van der Waals surface area contributed by atoms with Gasteiger partial charge in [-0.15, -0.1) is 0 Å². The third-order valence-electron chi connectivity index (χ3n) is 3.09. The maximum Gasteiger partial charge on any atom is 0.133 e. The third-order valence-corrected chi connectivity index (χ3v) is 3.97. The molecule has 0 spiro atoms. The fourth-order valence-electron chi connectivity index (χ4n) is 1.99. The summed E-state index contributed by atoms with van der Waals surface area (Å²) in [6.07, 6.45) is 0. The van der Waals surface area contributed by atoms with Crippen molar-refractivity contribution < 1.29 is 9.47 Å². The van der Waals surface area contributed by atoms with Crippen LogP contribution in [-0.4, -0.2) is 17.3 Å². The Morgan fingerprint density at radius 3 is 2.67 bits per heavy atom. The van der Waals surface area contributed by atoms with Crippen LogP contribution in [0.5, 0.6) is 11.5 Å². The van der Waals surface area contributed by atoms with Gasteiger partial charge >= 0.3 is 0 Å². The van der Waals surface area contributed by atoms with Crippen molar-refractivity contribution in [2.24, 2.45) is 0 Å². The molecule has 0 aliphatic carbocycles. The molecule has 1 aromatic heterocycles. The Bertz CT molecular complexity index is 777. The minimum atomic E-state index is 0.339. The van der Waals surface area contributed by atoms with Gasteiger partial charge in [-0.3, -0.25) is 0 Å². The Morgan fingerprint density at radius 1 is 1.00 bits per heavy atom. The largest absolute Gasteiger partial charge is 0.497 e. The van der Waals surface area contributed by atoms with E-state index in [1.807, 2.05) is 48.5 Å². The standard InChI is InChI=1S/C16H13BrN2O2/c1-20-11-5-4-6-12(9-11)21-10-15-16(17)13-7-2-3-8-14(13)18-19-15/h2-9H,10H2,1H3. The lowest BCUT2D eigenvalue weighted by atomic mass is 10.2. The molecule has 106 valence electrons. The number of hydrogen-bond acceptors (Lipinski definition) is 4. The van der Waals surface area contributed by atoms with Gasteiger partial charge in [0.25, 0.3) is 0 Å². The van der Waals surface area contributed by atoms with Crippen molar-refractivity contribution in [1.82, 2.24) is 10.2 Å². The maximum atomic E-state index is 5.75. The van der Waals surface area contributed by atoms with Crippen LogP contribution in [-0.2, 0) is 6.61 Å². The lowest BCUT2D eigenvalue weighted by molar-refractivity contribution is 0.297. The first kappa shape index (κ1) is 13.8. The molecule has 0 bridgehead atoms. The SMILES string of the molecule is COc1cccc(OCc2nnc3ccccc3c2Br)c1. The van der Waals surface area contributed by atoms with Crippen molar-refractivity contribution in [3.63, 3.8) is 0 Å². The van der Waals surface area contributed by atoms with Gasteiger partial charge in [0.1, 0.15) is 23.8 Å². The quantitative estimate of drug-likeness (QED) is 0.718. The Morgan fingerprint density at radius 2 is 1.81 bits per heavy atom. The van der Waals surface area contributed by atoms with Gasteiger partial charge in [0.15, 0.2) is 0 Å². The zero-order valence-electron chi connectivity index (χ0n) is 11.4. The third kappa shape index (κ3) is 2.97. The predicted octanol–water partition coefficient (Wildman–Crippen LogP) is 3.98. The molecule has 2 aromatic carbocycles. The van der Waals surface area contributed by atoms with E-state index < -0.39 is 0 Å². The highest BCUT2D eigenvalue weighted by molar-refractivity contribution is 9.10. The van der Waals surface area contributed by atoms with Gasteiger partial charge in [-0.1, -0.05) is 24.3 Å². The molecular weight excluding hydrogens is 332 g/mol. The number of ether oxygens (including phenoxy) is 2. The Balaban J connectivity index is 1.83. The molecule has 0 radical (unpaired) electrons. The first-order valence-electron chi connectivity index (χ1n) is 6.44. The molecule has 0 N–H and O–H groups in total. The molecule has 0 amide bonds. The Kier molecular flexibility index (Phi) is 4.01. The van der Waals surface area contributed by atoms with E-state index in [0.717, 1.165) is 32.6 Å². The van der Waals surface area contributed by atoms with E-state index in [1.54, 1.807) is 7.11 Å². The van der Waals surface area contributed by atoms with E-state index in [1.165, 1.54) is 0 Å². The van der Waals surface area contributed by atoms with Gasteiger partial charge in [0.2, 0.25) is 0 Å². The molecule has 21 heavy (non-hydrogen) atoms. The van der Waals surface area contributed by atoms with Crippen molar-refractivity contribution in [3.05, 3.63) is 58.7 Å². The fraction of sp³-hybridized carbons (Fsp3) is 0.125. The molecular formula is C16H13BrN2O2. The lowest BCUT2D eigenvalue weighted by Crippen LogP contribution is -2.02. The van der Waals surface area contributed by atoms with Crippen LogP contribution in [0.1, 0.15) is 5.69 Å². The molecule has 4 nitrogen and oxygen atoms in total. The van der Waals surface area contributed by atoms with Crippen molar-refractivity contribution in [1.29, 1.82) is 0 Å². The van der Waals surface area contributed by atoms with Crippen LogP contribution >= 0.6 is 15.9 Å². The second-order valence-electron chi connectivity index (χ2n) is 4.45. The lowest BCUT2D eigenvalue weighted by Gasteiger charge is -2.09. The molecule has 3 aromatic rings. The second kappa shape index (κ2) is 6.10. The van der Waals surface area contributed by atoms with Crippen LogP contribution in [0.15, 0.2) is 53.0 Å². The molecule has 3 rings (SSSR count). The molecule has 0 unspecified atom stereocenters. The van der Waals surface area contributed by atoms with E-state index in [9.17, 15) is 0 Å². The molecule has 0 saturated carbocycles. The average molecular weight is 345 g/mol. The molecule has 0 fully saturated rings. The first-order chi connectivity index (χ1) is 10.3. The van der Waals surface area contributed by atoms with Crippen molar-refractivity contribution in [2.75, 3.05) is 7.11 Å². The summed E-state index contributed by atoms with van der Waals surface area (Å²) in [5, 5.41) is 9.44. The summed E-state index contributed by atoms with van der Waals surface area (Å²) in [6, 6.07) is 15.3. The highest BCUT2D eigenvalue weighted by atomic mass is 79.9. The van der Waals surface area contributed by atoms with Crippen LogP contribution in [0.2, 0.25) is 0 Å². The molecule has 0 aliphatic heterocycles. The summed E-state index contributed by atoms with van der Waals surface area (Å²) >= 11 is 3.58. The van der Waals surface area contributed by atoms with E-state index in [2.05, 4.69) is 26.1 Å². The zero-order chi connectivity index (χ0) is 14.7. The topological polar surface area (TPSA) is 44.2 Å². The van der Waals surface area contributed by atoms with E-state index in [0.29, 0.717) is 6.61 Å². The highest BCUT2D eigenvalue weighted by Crippen LogP contribution is 2.26. The zero-order valence-corrected chi connectivity index (χ0v) is 13.0. The second-order valence-corrected chi connectivity index (χ2v) is 5.24. The normalized spacial score (nSPS) is 10.6. The first-order valence-corrected chi connectivity index (χ1v) is 7.24. The number of nitrogens with zero attached hydrogens (tertiary/aromatic N) is 2. The smallest absolute Gasteiger partial charge is 0.133 e. The average Bonchev–Trinajstić information content (AvgIpc) is 2.55. The molecule has 0 saturated heterocycles. The molecule has 0 aliphatic rings. The minimum absolute atomic E-state index is 0.339. The fourth-order valence-corrected chi connectivity index (χ4v) is 2.52. The van der Waals surface area contributed by atoms with Crippen LogP contribution in [0.25, 0.3) is 10.9 Å². The molecule has 0 atom stereocenters. The number of fused-ring (bicyclic) bond motifs is 1. The number of methoxy groups -OCH3 is 1. The molecule has 5 heteroatoms. The summed E-state index contributed by atoms with van der Waals surface area (Å²) in [7, 11) is 1.63. The van der Waals surface area contributed by atoms with Crippen LogP contribution in [0, 0.1) is 0 Å². The Hall–Kier alpha value is -2.14. The van der Waals surface area contributed by atoms with E-state index >= 15 is 0 Å². The van der Waals surface area contributed by atoms with Gasteiger partial charge in [0, 0.05) is 11.5 Å². The van der Waals surface area contributed by atoms with Crippen molar-refractivity contribution >= 4 is 26.8 Å². The number of hydrogen-bond donors (Lipinski definition) is 0. The summed E-state index contributed by atoms with van der Waals surface area (Å²) in [6.45, 7) is 0.339. The van der Waals surface area contributed by atoms with Gasteiger partial charge in [-0.05, 0) is 34.1 Å². The monoisotopic (exact) mass is 344 g/mol. The van der Waals surface area contributed by atoms with Gasteiger partial charge < -0.3 is 9.47 Å². The summed E-state index contributed by atoms with van der Waals surface area (Å²) in [5.41, 5.74) is 1.62. The number of halogens is 1. The number of aromatic nitrogens is 2. The summed E-state index contributed by atoms with van der Waals surface area (Å²) in [5.74, 6) is 1.49. The van der Waals surface area contributed by atoms with E-state index in [-0.39, 0.29) is 0 Å². The summed E-state index contributed by atoms with van der Waals surface area (Å²) in [4.78, 5) is 0. The van der Waals surface area contributed by atoms with E-state index in [4.69, 9.17) is 9.47 Å². The Labute approximate surface area is 130 Å². The molecule has 1 heterocycles. The van der Waals surface area contributed by atoms with Gasteiger partial charge in [0.05, 0.1) is 17.1 Å². The van der Waals surface area contributed by atoms with Gasteiger partial charge in [-0.2, -0.15) is 10.2 Å².